The molecule has 1 aromatic carbocycles. The Morgan fingerprint density at radius 1 is 1.12 bits per heavy atom. The summed E-state index contributed by atoms with van der Waals surface area (Å²) in [6, 6.07) is 7.97. The van der Waals surface area contributed by atoms with E-state index in [0.29, 0.717) is 5.15 Å². The van der Waals surface area contributed by atoms with E-state index in [9.17, 15) is 0 Å². The van der Waals surface area contributed by atoms with Crippen LogP contribution in [-0.4, -0.2) is 15.0 Å². The minimum Gasteiger partial charge on any atom is -0.345 e. The Labute approximate surface area is 111 Å². The van der Waals surface area contributed by atoms with E-state index >= 15 is 0 Å². The molecule has 0 spiro atoms. The van der Waals surface area contributed by atoms with Gasteiger partial charge in [-0.1, -0.05) is 45.7 Å². The molecule has 0 bridgehead atoms. The molecule has 3 aromatic rings. The molecule has 0 amide bonds. The number of aromatic nitrogens is 3. The van der Waals surface area contributed by atoms with E-state index in [2.05, 4.69) is 30.9 Å². The van der Waals surface area contributed by atoms with Crippen LogP contribution >= 0.6 is 27.5 Å². The van der Waals surface area contributed by atoms with Crippen LogP contribution in [0, 0.1) is 0 Å². The van der Waals surface area contributed by atoms with Gasteiger partial charge in [0.15, 0.2) is 0 Å². The molecular formula is C12H7BrClN3. The third-order valence-corrected chi connectivity index (χ3v) is 3.57. The van der Waals surface area contributed by atoms with Gasteiger partial charge >= 0.3 is 0 Å². The summed E-state index contributed by atoms with van der Waals surface area (Å²) in [7, 11) is 0. The second-order valence-corrected chi connectivity index (χ2v) is 4.78. The average molecular weight is 309 g/mol. The standard InChI is InChI=1S/C12H7BrClN3/c13-9-4-2-1-3-7(9)8-5-15-12-10(8)11(14)16-6-17-12/h1-6H,(H,15,16,17). The summed E-state index contributed by atoms with van der Waals surface area (Å²) in [4.78, 5) is 11.3. The first-order valence-corrected chi connectivity index (χ1v) is 6.17. The normalized spacial score (nSPS) is 10.9. The molecule has 0 saturated carbocycles. The highest BCUT2D eigenvalue weighted by Crippen LogP contribution is 2.35. The van der Waals surface area contributed by atoms with Crippen LogP contribution in [0.1, 0.15) is 0 Å². The first-order chi connectivity index (χ1) is 8.27. The predicted octanol–water partition coefficient (Wildman–Crippen LogP) is 4.04. The van der Waals surface area contributed by atoms with Crippen molar-refractivity contribution in [2.24, 2.45) is 0 Å². The van der Waals surface area contributed by atoms with E-state index in [1.54, 1.807) is 0 Å². The van der Waals surface area contributed by atoms with E-state index in [4.69, 9.17) is 11.6 Å². The van der Waals surface area contributed by atoms with E-state index in [0.717, 1.165) is 26.6 Å². The number of nitrogens with zero attached hydrogens (tertiary/aromatic N) is 2. The lowest BCUT2D eigenvalue weighted by Gasteiger charge is -2.02. The van der Waals surface area contributed by atoms with Gasteiger partial charge in [0.2, 0.25) is 0 Å². The van der Waals surface area contributed by atoms with Gasteiger partial charge in [0.25, 0.3) is 0 Å². The molecule has 0 atom stereocenters. The lowest BCUT2D eigenvalue weighted by atomic mass is 10.1. The van der Waals surface area contributed by atoms with Gasteiger partial charge in [0, 0.05) is 16.2 Å². The van der Waals surface area contributed by atoms with Crippen LogP contribution in [-0.2, 0) is 0 Å². The quantitative estimate of drug-likeness (QED) is 0.689. The van der Waals surface area contributed by atoms with Crippen LogP contribution in [0.15, 0.2) is 41.3 Å². The summed E-state index contributed by atoms with van der Waals surface area (Å²) < 4.78 is 1.01. The Bertz CT molecular complexity index is 693. The van der Waals surface area contributed by atoms with Crippen molar-refractivity contribution in [1.82, 2.24) is 15.0 Å². The van der Waals surface area contributed by atoms with Crippen molar-refractivity contribution in [3.05, 3.63) is 46.4 Å². The summed E-state index contributed by atoms with van der Waals surface area (Å²) in [5, 5.41) is 1.31. The molecular weight excluding hydrogens is 302 g/mol. The number of hydrogen-bond donors (Lipinski definition) is 1. The number of nitrogens with one attached hydrogen (secondary N) is 1. The number of fused-ring (bicyclic) bond motifs is 1. The van der Waals surface area contributed by atoms with Crippen LogP contribution in [0.25, 0.3) is 22.2 Å². The molecule has 1 N–H and O–H groups in total. The van der Waals surface area contributed by atoms with Crippen molar-refractivity contribution in [2.45, 2.75) is 0 Å². The minimum atomic E-state index is 0.460. The highest BCUT2D eigenvalue weighted by atomic mass is 79.9. The third-order valence-electron chi connectivity index (χ3n) is 2.59. The number of H-pyrrole nitrogens is 1. The van der Waals surface area contributed by atoms with Gasteiger partial charge in [-0.3, -0.25) is 0 Å². The van der Waals surface area contributed by atoms with Gasteiger partial charge in [0.1, 0.15) is 17.1 Å². The zero-order valence-electron chi connectivity index (χ0n) is 8.61. The molecule has 17 heavy (non-hydrogen) atoms. The van der Waals surface area contributed by atoms with Crippen molar-refractivity contribution in [3.63, 3.8) is 0 Å². The van der Waals surface area contributed by atoms with Crippen LogP contribution in [0.2, 0.25) is 5.15 Å². The minimum absolute atomic E-state index is 0.460. The van der Waals surface area contributed by atoms with Gasteiger partial charge in [0.05, 0.1) is 5.39 Å². The highest BCUT2D eigenvalue weighted by Gasteiger charge is 2.12. The van der Waals surface area contributed by atoms with Gasteiger partial charge < -0.3 is 4.98 Å². The molecule has 84 valence electrons. The zero-order valence-corrected chi connectivity index (χ0v) is 11.0. The van der Waals surface area contributed by atoms with E-state index in [1.165, 1.54) is 6.33 Å². The number of halogens is 2. The lowest BCUT2D eigenvalue weighted by Crippen LogP contribution is -1.83. The van der Waals surface area contributed by atoms with Crippen LogP contribution in [0.3, 0.4) is 0 Å². The number of rotatable bonds is 1. The molecule has 0 saturated heterocycles. The molecule has 0 fully saturated rings. The number of benzene rings is 1. The maximum atomic E-state index is 6.12. The van der Waals surface area contributed by atoms with Gasteiger partial charge in [-0.25, -0.2) is 9.97 Å². The van der Waals surface area contributed by atoms with Gasteiger partial charge in [-0.2, -0.15) is 0 Å². The first-order valence-electron chi connectivity index (χ1n) is 5.00. The van der Waals surface area contributed by atoms with Crippen molar-refractivity contribution < 1.29 is 0 Å². The van der Waals surface area contributed by atoms with Crippen molar-refractivity contribution in [3.8, 4) is 11.1 Å². The van der Waals surface area contributed by atoms with E-state index in [-0.39, 0.29) is 0 Å². The fourth-order valence-electron chi connectivity index (χ4n) is 1.82. The molecule has 0 radical (unpaired) electrons. The van der Waals surface area contributed by atoms with Gasteiger partial charge in [-0.15, -0.1) is 0 Å². The Balaban J connectivity index is 2.36. The second kappa shape index (κ2) is 4.13. The summed E-state index contributed by atoms with van der Waals surface area (Å²) in [6.45, 7) is 0. The molecule has 0 aliphatic heterocycles. The fourth-order valence-corrected chi connectivity index (χ4v) is 2.55. The lowest BCUT2D eigenvalue weighted by molar-refractivity contribution is 1.20. The monoisotopic (exact) mass is 307 g/mol. The van der Waals surface area contributed by atoms with Crippen LogP contribution in [0.5, 0.6) is 0 Å². The number of hydrogen-bond acceptors (Lipinski definition) is 2. The summed E-state index contributed by atoms with van der Waals surface area (Å²) in [6.07, 6.45) is 3.34. The highest BCUT2D eigenvalue weighted by molar-refractivity contribution is 9.10. The largest absolute Gasteiger partial charge is 0.345 e. The third kappa shape index (κ3) is 1.73. The Hall–Kier alpha value is -1.39. The van der Waals surface area contributed by atoms with Crippen molar-refractivity contribution in [2.75, 3.05) is 0 Å². The van der Waals surface area contributed by atoms with Crippen LogP contribution < -0.4 is 0 Å². The number of aromatic amines is 1. The topological polar surface area (TPSA) is 41.6 Å². The molecule has 3 nitrogen and oxygen atoms in total. The smallest absolute Gasteiger partial charge is 0.142 e. The van der Waals surface area contributed by atoms with E-state index in [1.807, 2.05) is 30.5 Å². The Morgan fingerprint density at radius 2 is 1.94 bits per heavy atom. The van der Waals surface area contributed by atoms with Gasteiger partial charge in [-0.05, 0) is 11.6 Å². The molecule has 2 aromatic heterocycles. The second-order valence-electron chi connectivity index (χ2n) is 3.57. The summed E-state index contributed by atoms with van der Waals surface area (Å²) in [5.74, 6) is 0. The predicted molar refractivity (Wildman–Crippen MR) is 72.0 cm³/mol. The summed E-state index contributed by atoms with van der Waals surface area (Å²) in [5.41, 5.74) is 2.81. The molecule has 0 aliphatic rings. The Kier molecular flexibility index (Phi) is 2.61. The van der Waals surface area contributed by atoms with E-state index < -0.39 is 0 Å². The maximum Gasteiger partial charge on any atom is 0.142 e. The molecule has 2 heterocycles. The summed E-state index contributed by atoms with van der Waals surface area (Å²) >= 11 is 9.65. The Morgan fingerprint density at radius 3 is 2.76 bits per heavy atom. The fraction of sp³-hybridized carbons (Fsp3) is 0. The van der Waals surface area contributed by atoms with Crippen LogP contribution in [0.4, 0.5) is 0 Å². The van der Waals surface area contributed by atoms with Crippen molar-refractivity contribution in [1.29, 1.82) is 0 Å². The first kappa shape index (κ1) is 10.7. The molecule has 3 rings (SSSR count). The molecule has 5 heteroatoms. The molecule has 0 unspecified atom stereocenters. The SMILES string of the molecule is Clc1ncnc2[nH]cc(-c3ccccc3Br)c12. The molecule has 0 aliphatic carbocycles. The average Bonchev–Trinajstić information content (AvgIpc) is 2.75. The van der Waals surface area contributed by atoms with Crippen molar-refractivity contribution >= 4 is 38.6 Å². The zero-order chi connectivity index (χ0) is 11.8. The maximum absolute atomic E-state index is 6.12.